The van der Waals surface area contributed by atoms with Gasteiger partial charge in [0.25, 0.3) is 0 Å². The van der Waals surface area contributed by atoms with Crippen molar-refractivity contribution in [1.82, 2.24) is 9.97 Å². The van der Waals surface area contributed by atoms with Crippen molar-refractivity contribution in [3.05, 3.63) is 59.3 Å². The Labute approximate surface area is 151 Å². The quantitative estimate of drug-likeness (QED) is 0.692. The first kappa shape index (κ1) is 16.3. The summed E-state index contributed by atoms with van der Waals surface area (Å²) < 4.78 is 37.5. The Balaban J connectivity index is 1.60. The summed E-state index contributed by atoms with van der Waals surface area (Å²) >= 11 is 6.22. The number of benzene rings is 2. The Morgan fingerprint density at radius 3 is 2.77 bits per heavy atom. The molecule has 0 atom stereocenters. The lowest BCUT2D eigenvalue weighted by Crippen LogP contribution is -2.02. The average Bonchev–Trinajstić information content (AvgIpc) is 3.09. The molecule has 0 aliphatic carbocycles. The molecule has 0 saturated heterocycles. The van der Waals surface area contributed by atoms with E-state index in [1.165, 1.54) is 12.3 Å². The molecule has 0 fully saturated rings. The predicted octanol–water partition coefficient (Wildman–Crippen LogP) is 4.62. The zero-order valence-corrected chi connectivity index (χ0v) is 13.8. The number of aromatic nitrogens is 2. The van der Waals surface area contributed by atoms with E-state index in [9.17, 15) is 8.78 Å². The molecular formula is C17H11ClF2N4O2. The van der Waals surface area contributed by atoms with Gasteiger partial charge in [0, 0.05) is 12.3 Å². The molecule has 0 amide bonds. The van der Waals surface area contributed by atoms with Crippen LogP contribution in [-0.4, -0.2) is 16.8 Å². The van der Waals surface area contributed by atoms with Gasteiger partial charge in [0.15, 0.2) is 11.5 Å². The highest BCUT2D eigenvalue weighted by molar-refractivity contribution is 6.33. The van der Waals surface area contributed by atoms with Gasteiger partial charge in [-0.25, -0.2) is 13.8 Å². The topological polar surface area (TPSA) is 68.3 Å². The van der Waals surface area contributed by atoms with Crippen molar-refractivity contribution in [2.24, 2.45) is 0 Å². The van der Waals surface area contributed by atoms with Crippen LogP contribution in [0.5, 0.6) is 11.5 Å². The van der Waals surface area contributed by atoms with Crippen molar-refractivity contribution in [2.45, 2.75) is 0 Å². The number of nitrogens with zero attached hydrogens (tertiary/aromatic N) is 2. The number of nitrogens with one attached hydrogen (secondary N) is 2. The number of anilines is 4. The predicted molar refractivity (Wildman–Crippen MR) is 92.5 cm³/mol. The van der Waals surface area contributed by atoms with E-state index in [1.807, 2.05) is 0 Å². The number of hydrogen-bond donors (Lipinski definition) is 2. The summed E-state index contributed by atoms with van der Waals surface area (Å²) in [4.78, 5) is 8.27. The van der Waals surface area contributed by atoms with Crippen molar-refractivity contribution in [3.8, 4) is 11.5 Å². The van der Waals surface area contributed by atoms with Gasteiger partial charge in [-0.2, -0.15) is 4.98 Å². The summed E-state index contributed by atoms with van der Waals surface area (Å²) in [6.07, 6.45) is 1.48. The summed E-state index contributed by atoms with van der Waals surface area (Å²) in [6, 6.07) is 8.16. The van der Waals surface area contributed by atoms with Crippen LogP contribution in [0.2, 0.25) is 5.02 Å². The molecule has 2 N–H and O–H groups in total. The van der Waals surface area contributed by atoms with Crippen LogP contribution in [0.25, 0.3) is 0 Å². The normalized spacial score (nSPS) is 12.1. The summed E-state index contributed by atoms with van der Waals surface area (Å²) in [5.41, 5.74) is 0.554. The highest BCUT2D eigenvalue weighted by Gasteiger charge is 2.21. The van der Waals surface area contributed by atoms with E-state index >= 15 is 0 Å². The molecule has 6 nitrogen and oxygen atoms in total. The zero-order chi connectivity index (χ0) is 18.1. The SMILES string of the molecule is Fc1ccc(Nc2nccc(Nc3c(Cl)ccc4c3OCO4)n2)c(F)c1. The molecule has 1 aliphatic heterocycles. The lowest BCUT2D eigenvalue weighted by Gasteiger charge is -2.12. The molecule has 9 heteroatoms. The van der Waals surface area contributed by atoms with Gasteiger partial charge in [-0.3, -0.25) is 0 Å². The molecule has 132 valence electrons. The fourth-order valence-electron chi connectivity index (χ4n) is 2.39. The van der Waals surface area contributed by atoms with Crippen molar-refractivity contribution in [3.63, 3.8) is 0 Å². The lowest BCUT2D eigenvalue weighted by atomic mass is 10.2. The van der Waals surface area contributed by atoms with E-state index in [2.05, 4.69) is 20.6 Å². The molecule has 0 spiro atoms. The number of hydrogen-bond acceptors (Lipinski definition) is 6. The molecule has 1 aliphatic rings. The van der Waals surface area contributed by atoms with Crippen molar-refractivity contribution < 1.29 is 18.3 Å². The fraction of sp³-hybridized carbons (Fsp3) is 0.0588. The lowest BCUT2D eigenvalue weighted by molar-refractivity contribution is 0.174. The van der Waals surface area contributed by atoms with E-state index in [4.69, 9.17) is 21.1 Å². The summed E-state index contributed by atoms with van der Waals surface area (Å²) in [6.45, 7) is 0.102. The Kier molecular flexibility index (Phi) is 4.18. The summed E-state index contributed by atoms with van der Waals surface area (Å²) in [7, 11) is 0. The van der Waals surface area contributed by atoms with Gasteiger partial charge < -0.3 is 20.1 Å². The molecule has 0 radical (unpaired) electrons. The first-order valence-corrected chi connectivity index (χ1v) is 7.88. The van der Waals surface area contributed by atoms with E-state index < -0.39 is 11.6 Å². The van der Waals surface area contributed by atoms with E-state index in [1.54, 1.807) is 18.2 Å². The Bertz CT molecular complexity index is 987. The first-order chi connectivity index (χ1) is 12.6. The second-order valence-electron chi connectivity index (χ2n) is 5.30. The van der Waals surface area contributed by atoms with E-state index in [0.717, 1.165) is 12.1 Å². The van der Waals surface area contributed by atoms with Gasteiger partial charge in [0.1, 0.15) is 23.1 Å². The molecule has 1 aromatic heterocycles. The molecule has 3 aromatic rings. The summed E-state index contributed by atoms with van der Waals surface area (Å²) in [5, 5.41) is 6.16. The van der Waals surface area contributed by atoms with Crippen molar-refractivity contribution in [2.75, 3.05) is 17.4 Å². The molecule has 4 rings (SSSR count). The largest absolute Gasteiger partial charge is 0.454 e. The van der Waals surface area contributed by atoms with Crippen molar-refractivity contribution in [1.29, 1.82) is 0 Å². The Morgan fingerprint density at radius 2 is 1.92 bits per heavy atom. The van der Waals surface area contributed by atoms with Crippen molar-refractivity contribution >= 4 is 34.7 Å². The molecular weight excluding hydrogens is 366 g/mol. The smallest absolute Gasteiger partial charge is 0.231 e. The highest BCUT2D eigenvalue weighted by atomic mass is 35.5. The van der Waals surface area contributed by atoms with Crippen LogP contribution in [-0.2, 0) is 0 Å². The number of halogens is 3. The third-order valence-electron chi connectivity index (χ3n) is 3.57. The molecule has 0 bridgehead atoms. The second-order valence-corrected chi connectivity index (χ2v) is 5.70. The van der Waals surface area contributed by atoms with Gasteiger partial charge in [-0.15, -0.1) is 0 Å². The monoisotopic (exact) mass is 376 g/mol. The molecule has 2 heterocycles. The van der Waals surface area contributed by atoms with Crippen LogP contribution >= 0.6 is 11.6 Å². The maximum atomic E-state index is 13.8. The number of ether oxygens (including phenoxy) is 2. The number of rotatable bonds is 4. The van der Waals surface area contributed by atoms with Gasteiger partial charge in [-0.05, 0) is 30.3 Å². The third kappa shape index (κ3) is 3.18. The van der Waals surface area contributed by atoms with Gasteiger partial charge in [0.05, 0.1) is 10.7 Å². The molecule has 0 saturated carbocycles. The Morgan fingerprint density at radius 1 is 1.04 bits per heavy atom. The van der Waals surface area contributed by atoms with Gasteiger partial charge in [-0.1, -0.05) is 11.6 Å². The summed E-state index contributed by atoms with van der Waals surface area (Å²) in [5.74, 6) is 0.158. The van der Waals surface area contributed by atoms with Crippen LogP contribution in [0.1, 0.15) is 0 Å². The van der Waals surface area contributed by atoms with Gasteiger partial charge in [0.2, 0.25) is 12.7 Å². The van der Waals surface area contributed by atoms with Crippen LogP contribution in [0, 0.1) is 11.6 Å². The van der Waals surface area contributed by atoms with E-state index in [-0.39, 0.29) is 18.4 Å². The third-order valence-corrected chi connectivity index (χ3v) is 3.89. The van der Waals surface area contributed by atoms with Crippen LogP contribution < -0.4 is 20.1 Å². The minimum atomic E-state index is -0.749. The van der Waals surface area contributed by atoms with E-state index in [0.29, 0.717) is 28.0 Å². The highest BCUT2D eigenvalue weighted by Crippen LogP contribution is 2.44. The van der Waals surface area contributed by atoms with Gasteiger partial charge >= 0.3 is 0 Å². The average molecular weight is 377 g/mol. The van der Waals surface area contributed by atoms with Crippen LogP contribution in [0.15, 0.2) is 42.6 Å². The second kappa shape index (κ2) is 6.64. The maximum Gasteiger partial charge on any atom is 0.231 e. The molecule has 0 unspecified atom stereocenters. The first-order valence-electron chi connectivity index (χ1n) is 7.50. The molecule has 2 aromatic carbocycles. The standard InChI is InChI=1S/C17H11ClF2N4O2/c18-10-2-4-13-16(26-8-25-13)15(10)23-14-5-6-21-17(24-14)22-12-3-1-9(19)7-11(12)20/h1-7H,8H2,(H2,21,22,23,24). The number of fused-ring (bicyclic) bond motifs is 1. The zero-order valence-electron chi connectivity index (χ0n) is 13.1. The fourth-order valence-corrected chi connectivity index (χ4v) is 2.59. The Hall–Kier alpha value is -3.13. The maximum absolute atomic E-state index is 13.8. The minimum absolute atomic E-state index is 0.0546. The van der Waals surface area contributed by atoms with Crippen LogP contribution in [0.4, 0.5) is 31.9 Å². The molecule has 26 heavy (non-hydrogen) atoms. The minimum Gasteiger partial charge on any atom is -0.454 e. The van der Waals surface area contributed by atoms with Crippen LogP contribution in [0.3, 0.4) is 0 Å².